The van der Waals surface area contributed by atoms with E-state index in [4.69, 9.17) is 0 Å². The number of aromatic amines is 1. The molecule has 0 aliphatic rings. The van der Waals surface area contributed by atoms with E-state index in [1.54, 1.807) is 11.3 Å². The van der Waals surface area contributed by atoms with Crippen molar-refractivity contribution in [3.63, 3.8) is 0 Å². The van der Waals surface area contributed by atoms with Crippen molar-refractivity contribution in [1.82, 2.24) is 4.98 Å². The highest BCUT2D eigenvalue weighted by Crippen LogP contribution is 2.30. The zero-order valence-corrected chi connectivity index (χ0v) is 12.2. The molecule has 4 heteroatoms. The summed E-state index contributed by atoms with van der Waals surface area (Å²) >= 11 is 1.66. The Morgan fingerprint density at radius 1 is 1.14 bits per heavy atom. The predicted molar refractivity (Wildman–Crippen MR) is 85.3 cm³/mol. The molecule has 0 amide bonds. The van der Waals surface area contributed by atoms with Gasteiger partial charge in [0, 0.05) is 16.1 Å². The molecule has 2 aromatic heterocycles. The van der Waals surface area contributed by atoms with Crippen LogP contribution in [0, 0.1) is 18.3 Å². The van der Waals surface area contributed by atoms with E-state index < -0.39 is 0 Å². The van der Waals surface area contributed by atoms with Crippen LogP contribution in [0.4, 0.5) is 0 Å². The van der Waals surface area contributed by atoms with Crippen LogP contribution >= 0.6 is 11.3 Å². The van der Waals surface area contributed by atoms with E-state index in [1.165, 1.54) is 0 Å². The van der Waals surface area contributed by atoms with Gasteiger partial charge in [-0.25, -0.2) is 0 Å². The number of nitriles is 1. The van der Waals surface area contributed by atoms with Crippen molar-refractivity contribution >= 4 is 11.3 Å². The number of H-pyrrole nitrogens is 1. The third-order valence-electron chi connectivity index (χ3n) is 3.26. The Hall–Kier alpha value is -2.64. The molecule has 0 fully saturated rings. The first-order valence-electron chi connectivity index (χ1n) is 6.47. The summed E-state index contributed by atoms with van der Waals surface area (Å²) in [6, 6.07) is 15.8. The summed E-state index contributed by atoms with van der Waals surface area (Å²) in [6.07, 6.45) is 0. The zero-order valence-electron chi connectivity index (χ0n) is 11.4. The van der Waals surface area contributed by atoms with Crippen molar-refractivity contribution < 1.29 is 0 Å². The average Bonchev–Trinajstić information content (AvgIpc) is 3.01. The van der Waals surface area contributed by atoms with Gasteiger partial charge in [-0.15, -0.1) is 11.3 Å². The van der Waals surface area contributed by atoms with Crippen molar-refractivity contribution in [2.45, 2.75) is 6.92 Å². The van der Waals surface area contributed by atoms with Crippen LogP contribution in [0.1, 0.15) is 11.3 Å². The number of nitrogens with zero attached hydrogens (tertiary/aromatic N) is 1. The molecule has 2 heterocycles. The van der Waals surface area contributed by atoms with Gasteiger partial charge < -0.3 is 4.98 Å². The molecule has 0 saturated carbocycles. The standard InChI is InChI=1S/C17H12N2OS/c1-11-8-14(15(10-18)17(20)19-11)12-4-2-5-13(9-12)16-6-3-7-21-16/h2-9H,1H3,(H,19,20). The van der Waals surface area contributed by atoms with E-state index in [-0.39, 0.29) is 11.1 Å². The minimum absolute atomic E-state index is 0.156. The number of pyridine rings is 1. The first-order valence-corrected chi connectivity index (χ1v) is 7.35. The largest absolute Gasteiger partial charge is 0.325 e. The summed E-state index contributed by atoms with van der Waals surface area (Å²) in [6.45, 7) is 1.81. The van der Waals surface area contributed by atoms with Crippen molar-refractivity contribution in [3.8, 4) is 27.6 Å². The maximum atomic E-state index is 11.9. The van der Waals surface area contributed by atoms with Crippen LogP contribution in [0.5, 0.6) is 0 Å². The first-order chi connectivity index (χ1) is 10.2. The second-order valence-electron chi connectivity index (χ2n) is 4.74. The van der Waals surface area contributed by atoms with Crippen LogP contribution in [0.15, 0.2) is 52.6 Å². The molecule has 0 saturated heterocycles. The van der Waals surface area contributed by atoms with Crippen molar-refractivity contribution in [1.29, 1.82) is 5.26 Å². The van der Waals surface area contributed by atoms with Gasteiger partial charge in [0.05, 0.1) is 0 Å². The van der Waals surface area contributed by atoms with Crippen LogP contribution in [-0.4, -0.2) is 4.98 Å². The highest BCUT2D eigenvalue weighted by molar-refractivity contribution is 7.13. The number of aromatic nitrogens is 1. The minimum Gasteiger partial charge on any atom is -0.325 e. The highest BCUT2D eigenvalue weighted by Gasteiger charge is 2.11. The van der Waals surface area contributed by atoms with Crippen LogP contribution in [0.25, 0.3) is 21.6 Å². The summed E-state index contributed by atoms with van der Waals surface area (Å²) in [5, 5.41) is 11.3. The zero-order chi connectivity index (χ0) is 14.8. The van der Waals surface area contributed by atoms with Crippen molar-refractivity contribution in [3.05, 3.63) is 69.5 Å². The van der Waals surface area contributed by atoms with E-state index in [2.05, 4.69) is 11.1 Å². The van der Waals surface area contributed by atoms with Gasteiger partial charge in [-0.2, -0.15) is 5.26 Å². The summed E-state index contributed by atoms with van der Waals surface area (Å²) in [5.41, 5.74) is 3.21. The van der Waals surface area contributed by atoms with Crippen LogP contribution in [-0.2, 0) is 0 Å². The lowest BCUT2D eigenvalue weighted by atomic mass is 9.99. The second-order valence-corrected chi connectivity index (χ2v) is 5.69. The Labute approximate surface area is 126 Å². The van der Waals surface area contributed by atoms with Gasteiger partial charge in [-0.05, 0) is 41.6 Å². The summed E-state index contributed by atoms with van der Waals surface area (Å²) in [4.78, 5) is 15.7. The molecule has 0 bridgehead atoms. The second kappa shape index (κ2) is 5.39. The summed E-state index contributed by atoms with van der Waals surface area (Å²) in [7, 11) is 0. The smallest absolute Gasteiger partial charge is 0.266 e. The molecule has 21 heavy (non-hydrogen) atoms. The predicted octanol–water partition coefficient (Wildman–Crippen LogP) is 3.95. The van der Waals surface area contributed by atoms with Crippen LogP contribution in [0.2, 0.25) is 0 Å². The van der Waals surface area contributed by atoms with E-state index in [9.17, 15) is 10.1 Å². The lowest BCUT2D eigenvalue weighted by molar-refractivity contribution is 1.13. The molecule has 102 valence electrons. The molecule has 0 aliphatic carbocycles. The monoisotopic (exact) mass is 292 g/mol. The lowest BCUT2D eigenvalue weighted by Crippen LogP contribution is -2.12. The number of rotatable bonds is 2. The third-order valence-corrected chi connectivity index (χ3v) is 4.18. The summed E-state index contributed by atoms with van der Waals surface area (Å²) < 4.78 is 0. The fourth-order valence-corrected chi connectivity index (χ4v) is 3.03. The van der Waals surface area contributed by atoms with Gasteiger partial charge in [0.1, 0.15) is 11.6 Å². The number of thiophene rings is 1. The number of nitrogens with one attached hydrogen (secondary N) is 1. The molecule has 0 radical (unpaired) electrons. The maximum absolute atomic E-state index is 11.9. The molecule has 0 unspecified atom stereocenters. The van der Waals surface area contributed by atoms with E-state index in [1.807, 2.05) is 54.8 Å². The van der Waals surface area contributed by atoms with Crippen LogP contribution < -0.4 is 5.56 Å². The van der Waals surface area contributed by atoms with Gasteiger partial charge in [0.2, 0.25) is 0 Å². The van der Waals surface area contributed by atoms with Gasteiger partial charge in [-0.1, -0.05) is 24.3 Å². The fraction of sp³-hybridized carbons (Fsp3) is 0.0588. The Bertz CT molecular complexity index is 886. The maximum Gasteiger partial charge on any atom is 0.266 e. The minimum atomic E-state index is -0.339. The van der Waals surface area contributed by atoms with Crippen molar-refractivity contribution in [2.75, 3.05) is 0 Å². The number of aryl methyl sites for hydroxylation is 1. The third kappa shape index (κ3) is 2.51. The quantitative estimate of drug-likeness (QED) is 0.777. The van der Waals surface area contributed by atoms with Gasteiger partial charge in [0.15, 0.2) is 0 Å². The molecule has 0 spiro atoms. The molecule has 0 atom stereocenters. The molecule has 0 aliphatic heterocycles. The molecular weight excluding hydrogens is 280 g/mol. The topological polar surface area (TPSA) is 56.6 Å². The van der Waals surface area contributed by atoms with Gasteiger partial charge >= 0.3 is 0 Å². The Balaban J connectivity index is 2.21. The van der Waals surface area contributed by atoms with Gasteiger partial charge in [0.25, 0.3) is 5.56 Å². The molecule has 1 N–H and O–H groups in total. The molecule has 3 rings (SSSR count). The molecule has 3 nitrogen and oxygen atoms in total. The van der Waals surface area contributed by atoms with Gasteiger partial charge in [-0.3, -0.25) is 4.79 Å². The fourth-order valence-electron chi connectivity index (χ4n) is 2.31. The first kappa shape index (κ1) is 13.3. The lowest BCUT2D eigenvalue weighted by Gasteiger charge is -2.07. The van der Waals surface area contributed by atoms with E-state index >= 15 is 0 Å². The normalized spacial score (nSPS) is 10.3. The Kier molecular flexibility index (Phi) is 3.43. The highest BCUT2D eigenvalue weighted by atomic mass is 32.1. The van der Waals surface area contributed by atoms with E-state index in [0.29, 0.717) is 5.56 Å². The molecular formula is C17H12N2OS. The van der Waals surface area contributed by atoms with E-state index in [0.717, 1.165) is 21.7 Å². The van der Waals surface area contributed by atoms with Crippen LogP contribution in [0.3, 0.4) is 0 Å². The van der Waals surface area contributed by atoms with Crippen molar-refractivity contribution in [2.24, 2.45) is 0 Å². The summed E-state index contributed by atoms with van der Waals surface area (Å²) in [5.74, 6) is 0. The number of hydrogen-bond donors (Lipinski definition) is 1. The SMILES string of the molecule is Cc1cc(-c2cccc(-c3cccs3)c2)c(C#N)c(=O)[nH]1. The number of hydrogen-bond acceptors (Lipinski definition) is 3. The molecule has 3 aromatic rings. The molecule has 1 aromatic carbocycles. The average molecular weight is 292 g/mol. The number of benzene rings is 1. The Morgan fingerprint density at radius 2 is 1.95 bits per heavy atom. The Morgan fingerprint density at radius 3 is 2.67 bits per heavy atom.